The molecule has 1 aliphatic heterocycles. The molecular weight excluding hydrogens is 322 g/mol. The van der Waals surface area contributed by atoms with E-state index in [-0.39, 0.29) is 12.1 Å². The molecule has 1 heterocycles. The van der Waals surface area contributed by atoms with Crippen molar-refractivity contribution in [3.05, 3.63) is 84.4 Å². The minimum atomic E-state index is -0.416. The van der Waals surface area contributed by atoms with Crippen LogP contribution in [0.3, 0.4) is 0 Å². The number of rotatable bonds is 7. The van der Waals surface area contributed by atoms with Crippen LogP contribution in [0.2, 0.25) is 0 Å². The third-order valence-electron chi connectivity index (χ3n) is 4.92. The number of carbonyl (C=O) groups is 1. The molecule has 1 fully saturated rings. The van der Waals surface area contributed by atoms with Crippen LogP contribution >= 0.6 is 0 Å². The summed E-state index contributed by atoms with van der Waals surface area (Å²) >= 11 is 0. The number of carbonyl (C=O) groups excluding carboxylic acids is 1. The summed E-state index contributed by atoms with van der Waals surface area (Å²) < 4.78 is 5.87. The van der Waals surface area contributed by atoms with Crippen LogP contribution in [-0.4, -0.2) is 36.6 Å². The molecule has 1 saturated heterocycles. The maximum atomic E-state index is 13.1. The lowest BCUT2D eigenvalue weighted by atomic mass is 9.91. The van der Waals surface area contributed by atoms with Gasteiger partial charge in [0.2, 0.25) is 0 Å². The van der Waals surface area contributed by atoms with E-state index in [0.29, 0.717) is 0 Å². The van der Waals surface area contributed by atoms with Gasteiger partial charge < -0.3 is 4.74 Å². The third-order valence-corrected chi connectivity index (χ3v) is 4.92. The molecule has 0 aliphatic carbocycles. The summed E-state index contributed by atoms with van der Waals surface area (Å²) in [6, 6.07) is 19.7. The van der Waals surface area contributed by atoms with E-state index in [9.17, 15) is 4.79 Å². The van der Waals surface area contributed by atoms with Crippen molar-refractivity contribution in [3.63, 3.8) is 0 Å². The Morgan fingerprint density at radius 3 is 2.00 bits per heavy atom. The number of hydrogen-bond donors (Lipinski definition) is 0. The van der Waals surface area contributed by atoms with E-state index in [2.05, 4.69) is 11.5 Å². The van der Waals surface area contributed by atoms with Crippen LogP contribution in [0.5, 0.6) is 0 Å². The molecule has 3 heteroatoms. The molecule has 1 aliphatic rings. The Labute approximate surface area is 156 Å². The minimum absolute atomic E-state index is 0.218. The zero-order chi connectivity index (χ0) is 18.2. The molecule has 3 nitrogen and oxygen atoms in total. The molecule has 26 heavy (non-hydrogen) atoms. The highest BCUT2D eigenvalue weighted by Gasteiger charge is 2.27. The third kappa shape index (κ3) is 4.83. The van der Waals surface area contributed by atoms with Crippen molar-refractivity contribution < 1.29 is 9.53 Å². The second-order valence-electron chi connectivity index (χ2n) is 6.83. The van der Waals surface area contributed by atoms with Crippen molar-refractivity contribution in [2.75, 3.05) is 19.6 Å². The first kappa shape index (κ1) is 18.4. The van der Waals surface area contributed by atoms with Gasteiger partial charge in [0, 0.05) is 6.54 Å². The van der Waals surface area contributed by atoms with Crippen LogP contribution in [0.15, 0.2) is 73.3 Å². The lowest BCUT2D eigenvalue weighted by Crippen LogP contribution is -2.38. The number of hydrogen-bond acceptors (Lipinski definition) is 3. The molecule has 0 amide bonds. The Bertz CT molecular complexity index is 653. The summed E-state index contributed by atoms with van der Waals surface area (Å²) in [5, 5.41) is 0. The van der Waals surface area contributed by atoms with Crippen molar-refractivity contribution in [1.29, 1.82) is 0 Å². The van der Waals surface area contributed by atoms with E-state index in [4.69, 9.17) is 4.74 Å². The van der Waals surface area contributed by atoms with E-state index >= 15 is 0 Å². The largest absolute Gasteiger partial charge is 0.456 e. The Morgan fingerprint density at radius 1 is 0.962 bits per heavy atom. The molecule has 0 saturated carbocycles. The lowest BCUT2D eigenvalue weighted by molar-refractivity contribution is -0.148. The van der Waals surface area contributed by atoms with Gasteiger partial charge in [-0.3, -0.25) is 9.69 Å². The van der Waals surface area contributed by atoms with Crippen molar-refractivity contribution >= 4 is 5.97 Å². The van der Waals surface area contributed by atoms with Crippen LogP contribution in [0, 0.1) is 0 Å². The summed E-state index contributed by atoms with van der Waals surface area (Å²) in [7, 11) is 0. The minimum Gasteiger partial charge on any atom is -0.456 e. The van der Waals surface area contributed by atoms with Crippen molar-refractivity contribution in [1.82, 2.24) is 4.90 Å². The lowest BCUT2D eigenvalue weighted by Gasteiger charge is -2.29. The predicted molar refractivity (Wildman–Crippen MR) is 105 cm³/mol. The summed E-state index contributed by atoms with van der Waals surface area (Å²) in [4.78, 5) is 15.4. The maximum Gasteiger partial charge on any atom is 0.318 e. The fraction of sp³-hybridized carbons (Fsp3) is 0.348. The van der Waals surface area contributed by atoms with Crippen molar-refractivity contribution in [2.45, 2.75) is 31.3 Å². The Balaban J connectivity index is 1.75. The van der Waals surface area contributed by atoms with Gasteiger partial charge in [0.15, 0.2) is 0 Å². The standard InChI is InChI=1S/C23H27NO2/c1-2-21(18-24-16-10-5-11-17-24)26-23(25)22(19-12-6-3-7-13-19)20-14-8-4-9-15-20/h2-4,6-9,12-15,21-22H,1,5,10-11,16-18H2/t21-/m1/s1. The number of likely N-dealkylation sites (tertiary alicyclic amines) is 1. The van der Waals surface area contributed by atoms with Gasteiger partial charge in [-0.1, -0.05) is 79.7 Å². The molecule has 0 bridgehead atoms. The first-order valence-corrected chi connectivity index (χ1v) is 9.43. The molecule has 0 spiro atoms. The van der Waals surface area contributed by atoms with Crippen LogP contribution in [0.25, 0.3) is 0 Å². The highest BCUT2D eigenvalue weighted by Crippen LogP contribution is 2.26. The Kier molecular flexibility index (Phi) is 6.62. The molecule has 136 valence electrons. The second kappa shape index (κ2) is 9.35. The number of benzene rings is 2. The molecule has 0 aromatic heterocycles. The molecule has 0 radical (unpaired) electrons. The highest BCUT2D eigenvalue weighted by molar-refractivity contribution is 5.82. The van der Waals surface area contributed by atoms with Gasteiger partial charge in [0.1, 0.15) is 12.0 Å². The summed E-state index contributed by atoms with van der Waals surface area (Å²) in [6.07, 6.45) is 5.19. The van der Waals surface area contributed by atoms with Gasteiger partial charge in [-0.2, -0.15) is 0 Å². The molecule has 1 atom stereocenters. The van der Waals surface area contributed by atoms with Crippen LogP contribution < -0.4 is 0 Å². The second-order valence-corrected chi connectivity index (χ2v) is 6.83. The fourth-order valence-corrected chi connectivity index (χ4v) is 3.53. The molecule has 0 N–H and O–H groups in total. The zero-order valence-corrected chi connectivity index (χ0v) is 15.2. The first-order valence-electron chi connectivity index (χ1n) is 9.43. The predicted octanol–water partition coefficient (Wildman–Crippen LogP) is 4.40. The van der Waals surface area contributed by atoms with Gasteiger partial charge in [-0.15, -0.1) is 0 Å². The normalized spacial score (nSPS) is 16.2. The molecule has 0 unspecified atom stereocenters. The topological polar surface area (TPSA) is 29.5 Å². The average molecular weight is 349 g/mol. The Morgan fingerprint density at radius 2 is 1.50 bits per heavy atom. The van der Waals surface area contributed by atoms with Crippen LogP contribution in [0.4, 0.5) is 0 Å². The molecule has 3 rings (SSSR count). The number of piperidine rings is 1. The van der Waals surface area contributed by atoms with Gasteiger partial charge in [-0.05, 0) is 37.1 Å². The molecule has 2 aromatic carbocycles. The summed E-state index contributed by atoms with van der Waals surface area (Å²) in [6.45, 7) is 6.75. The quantitative estimate of drug-likeness (QED) is 0.548. The van der Waals surface area contributed by atoms with Gasteiger partial charge in [-0.25, -0.2) is 0 Å². The van der Waals surface area contributed by atoms with Gasteiger partial charge in [0.05, 0.1) is 0 Å². The van der Waals surface area contributed by atoms with Crippen molar-refractivity contribution in [2.24, 2.45) is 0 Å². The fourth-order valence-electron chi connectivity index (χ4n) is 3.53. The Hall–Kier alpha value is -2.39. The SMILES string of the molecule is C=C[C@H](CN1CCCCC1)OC(=O)C(c1ccccc1)c1ccccc1. The van der Waals surface area contributed by atoms with Gasteiger partial charge >= 0.3 is 5.97 Å². The van der Waals surface area contributed by atoms with E-state index in [1.807, 2.05) is 60.7 Å². The maximum absolute atomic E-state index is 13.1. The smallest absolute Gasteiger partial charge is 0.318 e. The first-order chi connectivity index (χ1) is 12.8. The number of ether oxygens (including phenoxy) is 1. The van der Waals surface area contributed by atoms with E-state index in [1.165, 1.54) is 19.3 Å². The molecule has 2 aromatic rings. The van der Waals surface area contributed by atoms with E-state index < -0.39 is 5.92 Å². The number of nitrogens with zero attached hydrogens (tertiary/aromatic N) is 1. The summed E-state index contributed by atoms with van der Waals surface area (Å²) in [5.74, 6) is -0.634. The zero-order valence-electron chi connectivity index (χ0n) is 15.2. The van der Waals surface area contributed by atoms with E-state index in [1.54, 1.807) is 6.08 Å². The van der Waals surface area contributed by atoms with Crippen LogP contribution in [0.1, 0.15) is 36.3 Å². The van der Waals surface area contributed by atoms with E-state index in [0.717, 1.165) is 30.8 Å². The van der Waals surface area contributed by atoms with Crippen LogP contribution in [-0.2, 0) is 9.53 Å². The molecular formula is C23H27NO2. The highest BCUT2D eigenvalue weighted by atomic mass is 16.5. The van der Waals surface area contributed by atoms with Gasteiger partial charge in [0.25, 0.3) is 0 Å². The number of esters is 1. The average Bonchev–Trinajstić information content (AvgIpc) is 2.70. The monoisotopic (exact) mass is 349 g/mol. The van der Waals surface area contributed by atoms with Crippen molar-refractivity contribution in [3.8, 4) is 0 Å². The summed E-state index contributed by atoms with van der Waals surface area (Å²) in [5.41, 5.74) is 1.90.